The van der Waals surface area contributed by atoms with E-state index in [-0.39, 0.29) is 17.9 Å². The molecule has 2 aliphatic rings. The number of aromatic nitrogens is 1. The van der Waals surface area contributed by atoms with Crippen molar-refractivity contribution in [2.24, 2.45) is 5.92 Å². The largest absolute Gasteiger partial charge is 0.493 e. The predicted molar refractivity (Wildman–Crippen MR) is 134 cm³/mol. The quantitative estimate of drug-likeness (QED) is 0.594. The van der Waals surface area contributed by atoms with E-state index >= 15 is 0 Å². The molecule has 1 aliphatic heterocycles. The minimum atomic E-state index is -0.139. The number of carbonyl (C=O) groups is 2. The topological polar surface area (TPSA) is 84.0 Å². The lowest BCUT2D eigenvalue weighted by atomic mass is 9.95. The fourth-order valence-corrected chi connectivity index (χ4v) is 5.27. The van der Waals surface area contributed by atoms with Gasteiger partial charge in [-0.2, -0.15) is 0 Å². The van der Waals surface area contributed by atoms with Crippen LogP contribution in [0.15, 0.2) is 42.6 Å². The molecular weight excluding hydrogens is 444 g/mol. The third kappa shape index (κ3) is 6.11. The van der Waals surface area contributed by atoms with E-state index in [9.17, 15) is 9.59 Å². The van der Waals surface area contributed by atoms with Gasteiger partial charge < -0.3 is 19.7 Å². The second kappa shape index (κ2) is 12.0. The Morgan fingerprint density at radius 3 is 2.43 bits per heavy atom. The Labute approximate surface area is 207 Å². The molecule has 0 bridgehead atoms. The van der Waals surface area contributed by atoms with Gasteiger partial charge in [0, 0.05) is 56.6 Å². The Bertz CT molecular complexity index is 986. The number of nitrogens with one attached hydrogen (secondary N) is 1. The third-order valence-corrected chi connectivity index (χ3v) is 7.15. The molecule has 2 fully saturated rings. The van der Waals surface area contributed by atoms with Crippen molar-refractivity contribution in [3.63, 3.8) is 0 Å². The molecule has 4 rings (SSSR count). The minimum absolute atomic E-state index is 0.0252. The Morgan fingerprint density at radius 2 is 1.77 bits per heavy atom. The number of piperazine rings is 1. The molecule has 0 radical (unpaired) electrons. The first-order chi connectivity index (χ1) is 17.1. The van der Waals surface area contributed by atoms with E-state index in [4.69, 9.17) is 9.47 Å². The SMILES string of the molecule is COc1ccc(C(=O)N2CCN(C(C(=O)NCCc3ccccn3)C3CCCC3)CC2)cc1OC. The van der Waals surface area contributed by atoms with Crippen molar-refractivity contribution in [2.45, 2.75) is 38.1 Å². The number of hydrogen-bond donors (Lipinski definition) is 1. The Balaban J connectivity index is 1.36. The van der Waals surface area contributed by atoms with Gasteiger partial charge in [0.25, 0.3) is 5.91 Å². The van der Waals surface area contributed by atoms with Gasteiger partial charge in [0.1, 0.15) is 0 Å². The van der Waals surface area contributed by atoms with Crippen molar-refractivity contribution in [1.29, 1.82) is 0 Å². The summed E-state index contributed by atoms with van der Waals surface area (Å²) < 4.78 is 10.6. The van der Waals surface area contributed by atoms with Crippen molar-refractivity contribution in [3.05, 3.63) is 53.9 Å². The van der Waals surface area contributed by atoms with Crippen LogP contribution in [0.1, 0.15) is 41.7 Å². The number of hydrogen-bond acceptors (Lipinski definition) is 6. The van der Waals surface area contributed by atoms with Crippen LogP contribution < -0.4 is 14.8 Å². The number of carbonyl (C=O) groups excluding carboxylic acids is 2. The number of ether oxygens (including phenoxy) is 2. The first kappa shape index (κ1) is 25.0. The van der Waals surface area contributed by atoms with Crippen molar-refractivity contribution in [2.75, 3.05) is 46.9 Å². The van der Waals surface area contributed by atoms with Crippen LogP contribution in [0.3, 0.4) is 0 Å². The van der Waals surface area contributed by atoms with Gasteiger partial charge >= 0.3 is 0 Å². The Hall–Kier alpha value is -3.13. The van der Waals surface area contributed by atoms with Gasteiger partial charge in [-0.15, -0.1) is 0 Å². The zero-order valence-corrected chi connectivity index (χ0v) is 20.7. The molecule has 1 saturated carbocycles. The smallest absolute Gasteiger partial charge is 0.254 e. The zero-order valence-electron chi connectivity index (χ0n) is 20.7. The van der Waals surface area contributed by atoms with Crippen molar-refractivity contribution >= 4 is 11.8 Å². The highest BCUT2D eigenvalue weighted by molar-refractivity contribution is 5.95. The molecule has 1 saturated heterocycles. The lowest BCUT2D eigenvalue weighted by Gasteiger charge is -2.40. The molecule has 1 N–H and O–H groups in total. The summed E-state index contributed by atoms with van der Waals surface area (Å²) in [4.78, 5) is 34.9. The average molecular weight is 481 g/mol. The van der Waals surface area contributed by atoms with Gasteiger partial charge in [0.2, 0.25) is 5.91 Å². The van der Waals surface area contributed by atoms with Gasteiger partial charge in [-0.25, -0.2) is 0 Å². The molecule has 2 aromatic rings. The van der Waals surface area contributed by atoms with E-state index < -0.39 is 0 Å². The third-order valence-electron chi connectivity index (χ3n) is 7.15. The Kier molecular flexibility index (Phi) is 8.58. The van der Waals surface area contributed by atoms with Crippen LogP contribution in [0.25, 0.3) is 0 Å². The first-order valence-electron chi connectivity index (χ1n) is 12.5. The highest BCUT2D eigenvalue weighted by atomic mass is 16.5. The molecule has 8 heteroatoms. The summed E-state index contributed by atoms with van der Waals surface area (Å²) >= 11 is 0. The maximum absolute atomic E-state index is 13.3. The van der Waals surface area contributed by atoms with Crippen LogP contribution in [-0.4, -0.2) is 79.6 Å². The molecule has 35 heavy (non-hydrogen) atoms. The van der Waals surface area contributed by atoms with Crippen molar-refractivity contribution < 1.29 is 19.1 Å². The maximum atomic E-state index is 13.3. The van der Waals surface area contributed by atoms with Crippen molar-refractivity contribution in [1.82, 2.24) is 20.1 Å². The molecule has 1 unspecified atom stereocenters. The predicted octanol–water partition coefficient (Wildman–Crippen LogP) is 2.77. The molecule has 188 valence electrons. The molecular formula is C27H36N4O4. The van der Waals surface area contributed by atoms with E-state index in [2.05, 4.69) is 15.2 Å². The second-order valence-electron chi connectivity index (χ2n) is 9.25. The second-order valence-corrected chi connectivity index (χ2v) is 9.25. The van der Waals surface area contributed by atoms with Crippen LogP contribution >= 0.6 is 0 Å². The highest BCUT2D eigenvalue weighted by Crippen LogP contribution is 2.32. The summed E-state index contributed by atoms with van der Waals surface area (Å²) in [6.45, 7) is 3.15. The van der Waals surface area contributed by atoms with Gasteiger partial charge in [0.05, 0.1) is 20.3 Å². The Morgan fingerprint density at radius 1 is 1.03 bits per heavy atom. The van der Waals surface area contributed by atoms with E-state index in [0.717, 1.165) is 25.0 Å². The number of methoxy groups -OCH3 is 2. The average Bonchev–Trinajstić information content (AvgIpc) is 3.43. The number of rotatable bonds is 9. The van der Waals surface area contributed by atoms with Gasteiger partial charge in [0.15, 0.2) is 11.5 Å². The van der Waals surface area contributed by atoms with Gasteiger partial charge in [-0.1, -0.05) is 18.9 Å². The van der Waals surface area contributed by atoms with E-state index in [1.807, 2.05) is 23.1 Å². The molecule has 2 heterocycles. The normalized spacial score (nSPS) is 17.7. The van der Waals surface area contributed by atoms with Crippen LogP contribution in [-0.2, 0) is 11.2 Å². The number of nitrogens with zero attached hydrogens (tertiary/aromatic N) is 3. The molecule has 2 amide bonds. The maximum Gasteiger partial charge on any atom is 0.254 e. The monoisotopic (exact) mass is 480 g/mol. The fourth-order valence-electron chi connectivity index (χ4n) is 5.27. The summed E-state index contributed by atoms with van der Waals surface area (Å²) in [7, 11) is 3.14. The lowest BCUT2D eigenvalue weighted by molar-refractivity contribution is -0.129. The van der Waals surface area contributed by atoms with Crippen LogP contribution in [0.2, 0.25) is 0 Å². The highest BCUT2D eigenvalue weighted by Gasteiger charge is 2.37. The van der Waals surface area contributed by atoms with E-state index in [0.29, 0.717) is 55.7 Å². The van der Waals surface area contributed by atoms with Gasteiger partial charge in [-0.3, -0.25) is 19.5 Å². The molecule has 1 aromatic heterocycles. The number of amides is 2. The molecule has 8 nitrogen and oxygen atoms in total. The molecule has 1 aromatic carbocycles. The summed E-state index contributed by atoms with van der Waals surface area (Å²) in [6.07, 6.45) is 7.03. The van der Waals surface area contributed by atoms with Crippen LogP contribution in [0.4, 0.5) is 0 Å². The zero-order chi connectivity index (χ0) is 24.6. The molecule has 0 spiro atoms. The van der Waals surface area contributed by atoms with Gasteiger partial charge in [-0.05, 0) is 49.1 Å². The molecule has 1 aliphatic carbocycles. The first-order valence-corrected chi connectivity index (χ1v) is 12.5. The standard InChI is InChI=1S/C27H36N4O4/c1-34-23-11-10-21(19-24(23)35-2)27(33)31-17-15-30(16-18-31)25(20-7-3-4-8-20)26(32)29-14-12-22-9-5-6-13-28-22/h5-6,9-11,13,19-20,25H,3-4,7-8,12,14-18H2,1-2H3,(H,29,32). The lowest BCUT2D eigenvalue weighted by Crippen LogP contribution is -2.58. The minimum Gasteiger partial charge on any atom is -0.493 e. The van der Waals surface area contributed by atoms with Crippen LogP contribution in [0.5, 0.6) is 11.5 Å². The number of benzene rings is 1. The molecule has 1 atom stereocenters. The fraction of sp³-hybridized carbons (Fsp3) is 0.519. The summed E-state index contributed by atoms with van der Waals surface area (Å²) in [5.74, 6) is 1.59. The summed E-state index contributed by atoms with van der Waals surface area (Å²) in [6, 6.07) is 11.0. The number of pyridine rings is 1. The van der Waals surface area contributed by atoms with Crippen molar-refractivity contribution in [3.8, 4) is 11.5 Å². The van der Waals surface area contributed by atoms with E-state index in [1.165, 1.54) is 12.8 Å². The summed E-state index contributed by atoms with van der Waals surface area (Å²) in [5, 5.41) is 3.16. The van der Waals surface area contributed by atoms with E-state index in [1.54, 1.807) is 38.6 Å². The summed E-state index contributed by atoms with van der Waals surface area (Å²) in [5.41, 5.74) is 1.56. The van der Waals surface area contributed by atoms with Crippen LogP contribution in [0, 0.1) is 5.92 Å².